The molecule has 1 aliphatic heterocycles. The Bertz CT molecular complexity index is 792. The van der Waals surface area contributed by atoms with Gasteiger partial charge in [0.05, 0.1) is 5.37 Å². The van der Waals surface area contributed by atoms with Gasteiger partial charge >= 0.3 is 5.97 Å². The van der Waals surface area contributed by atoms with Crippen LogP contribution in [0.3, 0.4) is 0 Å². The molecule has 1 aromatic rings. The van der Waals surface area contributed by atoms with Gasteiger partial charge in [-0.25, -0.2) is 4.79 Å². The predicted molar refractivity (Wildman–Crippen MR) is 129 cm³/mol. The maximum absolute atomic E-state index is 13.2. The fraction of sp³-hybridized carbons (Fsp3) is 0.542. The molecule has 3 unspecified atom stereocenters. The van der Waals surface area contributed by atoms with Crippen LogP contribution < -0.4 is 0 Å². The van der Waals surface area contributed by atoms with Crippen LogP contribution in [0, 0.1) is 11.8 Å². The number of amides is 1. The van der Waals surface area contributed by atoms with Gasteiger partial charge in [-0.05, 0) is 39.0 Å². The van der Waals surface area contributed by atoms with Gasteiger partial charge in [0.15, 0.2) is 0 Å². The van der Waals surface area contributed by atoms with Gasteiger partial charge in [-0.2, -0.15) is 0 Å². The van der Waals surface area contributed by atoms with Crippen LogP contribution in [0.15, 0.2) is 42.0 Å². The van der Waals surface area contributed by atoms with Crippen molar-refractivity contribution in [3.05, 3.63) is 47.5 Å². The molecule has 0 radical (unpaired) electrons. The quantitative estimate of drug-likeness (QED) is 0.473. The molecule has 0 aromatic heterocycles. The number of hydrogen-bond donors (Lipinski definition) is 1. The van der Waals surface area contributed by atoms with Crippen molar-refractivity contribution in [2.24, 2.45) is 11.8 Å². The molecule has 7 heteroatoms. The molecule has 2 rings (SSSR count). The van der Waals surface area contributed by atoms with E-state index in [0.717, 1.165) is 31.0 Å². The van der Waals surface area contributed by atoms with E-state index in [2.05, 4.69) is 26.8 Å². The SMILES string of the molecule is CC(C)=CCCC(C)CC1SC[C@@H](C(=O)O)N1C(=O)C(C)CSC(=O)c1ccccc1. The first-order valence-electron chi connectivity index (χ1n) is 10.7. The molecule has 1 N–H and O–H groups in total. The fourth-order valence-corrected chi connectivity index (χ4v) is 5.96. The predicted octanol–water partition coefficient (Wildman–Crippen LogP) is 5.32. The first kappa shape index (κ1) is 25.5. The molecular formula is C24H33NO4S2. The average Bonchev–Trinajstić information content (AvgIpc) is 3.15. The summed E-state index contributed by atoms with van der Waals surface area (Å²) in [5.41, 5.74) is 1.90. The Labute approximate surface area is 194 Å². The average molecular weight is 464 g/mol. The first-order chi connectivity index (χ1) is 14.7. The molecule has 1 aromatic carbocycles. The highest BCUT2D eigenvalue weighted by Gasteiger charge is 2.43. The number of nitrogens with zero attached hydrogens (tertiary/aromatic N) is 1. The number of carboxylic acid groups (broad SMARTS) is 1. The topological polar surface area (TPSA) is 74.7 Å². The Morgan fingerprint density at radius 2 is 1.90 bits per heavy atom. The molecule has 0 bridgehead atoms. The van der Waals surface area contributed by atoms with Crippen LogP contribution in [0.2, 0.25) is 0 Å². The van der Waals surface area contributed by atoms with E-state index in [1.54, 1.807) is 35.7 Å². The van der Waals surface area contributed by atoms with Crippen LogP contribution in [0.25, 0.3) is 0 Å². The Balaban J connectivity index is 1.99. The van der Waals surface area contributed by atoms with Gasteiger partial charge in [-0.1, -0.05) is 67.6 Å². The molecule has 1 fully saturated rings. The van der Waals surface area contributed by atoms with E-state index in [4.69, 9.17) is 0 Å². The summed E-state index contributed by atoms with van der Waals surface area (Å²) in [6.07, 6.45) is 4.99. The van der Waals surface area contributed by atoms with Gasteiger partial charge in [0.2, 0.25) is 11.0 Å². The number of benzene rings is 1. The third-order valence-corrected chi connectivity index (χ3v) is 7.82. The molecule has 31 heavy (non-hydrogen) atoms. The Hall–Kier alpha value is -1.73. The number of allylic oxidation sites excluding steroid dienone is 2. The molecule has 0 spiro atoms. The minimum Gasteiger partial charge on any atom is -0.480 e. The summed E-state index contributed by atoms with van der Waals surface area (Å²) in [4.78, 5) is 38.9. The second-order valence-electron chi connectivity index (χ2n) is 8.45. The smallest absolute Gasteiger partial charge is 0.327 e. The van der Waals surface area contributed by atoms with Crippen LogP contribution >= 0.6 is 23.5 Å². The molecule has 0 saturated carbocycles. The second kappa shape index (κ2) is 12.3. The fourth-order valence-electron chi connectivity index (χ4n) is 3.53. The van der Waals surface area contributed by atoms with Gasteiger partial charge in [0.25, 0.3) is 0 Å². The van der Waals surface area contributed by atoms with E-state index in [1.165, 1.54) is 5.57 Å². The molecule has 1 heterocycles. The van der Waals surface area contributed by atoms with Crippen LogP contribution in [0.4, 0.5) is 0 Å². The number of thioether (sulfide) groups is 2. The molecule has 5 nitrogen and oxygen atoms in total. The Kier molecular flexibility index (Phi) is 10.2. The minimum absolute atomic E-state index is 0.0738. The zero-order valence-corrected chi connectivity index (χ0v) is 20.4. The van der Waals surface area contributed by atoms with Crippen molar-refractivity contribution in [2.75, 3.05) is 11.5 Å². The van der Waals surface area contributed by atoms with Gasteiger partial charge < -0.3 is 10.0 Å². The number of aliphatic carboxylic acids is 1. The molecule has 0 aliphatic carbocycles. The van der Waals surface area contributed by atoms with E-state index in [1.807, 2.05) is 18.2 Å². The van der Waals surface area contributed by atoms with Gasteiger partial charge in [0.1, 0.15) is 6.04 Å². The largest absolute Gasteiger partial charge is 0.480 e. The zero-order chi connectivity index (χ0) is 23.0. The highest BCUT2D eigenvalue weighted by molar-refractivity contribution is 8.14. The van der Waals surface area contributed by atoms with Gasteiger partial charge in [0, 0.05) is 23.0 Å². The van der Waals surface area contributed by atoms with Gasteiger partial charge in [-0.15, -0.1) is 11.8 Å². The van der Waals surface area contributed by atoms with Crippen molar-refractivity contribution in [2.45, 2.75) is 58.4 Å². The first-order valence-corrected chi connectivity index (χ1v) is 12.8. The third kappa shape index (κ3) is 7.72. The lowest BCUT2D eigenvalue weighted by Crippen LogP contribution is -2.48. The van der Waals surface area contributed by atoms with Crippen molar-refractivity contribution in [3.8, 4) is 0 Å². The summed E-state index contributed by atoms with van der Waals surface area (Å²) in [5.74, 6) is -0.423. The zero-order valence-electron chi connectivity index (χ0n) is 18.7. The number of carbonyl (C=O) groups excluding carboxylic acids is 2. The van der Waals surface area contributed by atoms with Crippen LogP contribution in [0.1, 0.15) is 57.3 Å². The molecule has 1 aliphatic rings. The Morgan fingerprint density at radius 1 is 1.23 bits per heavy atom. The van der Waals surface area contributed by atoms with E-state index in [-0.39, 0.29) is 16.4 Å². The van der Waals surface area contributed by atoms with E-state index in [9.17, 15) is 19.5 Å². The van der Waals surface area contributed by atoms with Crippen molar-refractivity contribution in [1.82, 2.24) is 4.90 Å². The van der Waals surface area contributed by atoms with Crippen LogP contribution in [-0.4, -0.2) is 49.9 Å². The maximum Gasteiger partial charge on any atom is 0.327 e. The lowest BCUT2D eigenvalue weighted by atomic mass is 9.99. The summed E-state index contributed by atoms with van der Waals surface area (Å²) in [6, 6.07) is 8.18. The maximum atomic E-state index is 13.2. The minimum atomic E-state index is -0.958. The molecule has 1 saturated heterocycles. The van der Waals surface area contributed by atoms with Crippen LogP contribution in [0.5, 0.6) is 0 Å². The van der Waals surface area contributed by atoms with E-state index < -0.39 is 17.9 Å². The summed E-state index contributed by atoms with van der Waals surface area (Å²) in [6.45, 7) is 8.10. The summed E-state index contributed by atoms with van der Waals surface area (Å²) in [7, 11) is 0. The van der Waals surface area contributed by atoms with Crippen molar-refractivity contribution < 1.29 is 19.5 Å². The standard InChI is InChI=1S/C24H33NO4S2/c1-16(2)9-8-10-17(3)13-21-25(20(15-30-21)23(27)28)22(26)18(4)14-31-24(29)19-11-6-5-7-12-19/h5-7,9,11-12,17-18,20-21H,8,10,13-15H2,1-4H3,(H,27,28)/t17?,18?,20-,21?/m0/s1. The summed E-state index contributed by atoms with van der Waals surface area (Å²) < 4.78 is 0. The summed E-state index contributed by atoms with van der Waals surface area (Å²) in [5, 5.41) is 9.46. The van der Waals surface area contributed by atoms with Crippen LogP contribution in [-0.2, 0) is 9.59 Å². The molecule has 1 amide bonds. The lowest BCUT2D eigenvalue weighted by molar-refractivity contribution is -0.150. The Morgan fingerprint density at radius 3 is 2.52 bits per heavy atom. The van der Waals surface area contributed by atoms with Crippen molar-refractivity contribution in [1.29, 1.82) is 0 Å². The van der Waals surface area contributed by atoms with Gasteiger partial charge in [-0.3, -0.25) is 9.59 Å². The second-order valence-corrected chi connectivity index (χ2v) is 10.7. The van der Waals surface area contributed by atoms with E-state index in [0.29, 0.717) is 23.0 Å². The molecule has 170 valence electrons. The summed E-state index contributed by atoms with van der Waals surface area (Å²) >= 11 is 2.67. The van der Waals surface area contributed by atoms with Crippen molar-refractivity contribution in [3.63, 3.8) is 0 Å². The monoisotopic (exact) mass is 463 g/mol. The molecular weight excluding hydrogens is 430 g/mol. The number of hydrogen-bond acceptors (Lipinski definition) is 5. The number of carbonyl (C=O) groups is 3. The molecule has 4 atom stereocenters. The number of carboxylic acids is 1. The lowest BCUT2D eigenvalue weighted by Gasteiger charge is -2.31. The number of rotatable bonds is 10. The highest BCUT2D eigenvalue weighted by Crippen LogP contribution is 2.36. The third-order valence-electron chi connectivity index (χ3n) is 5.34. The van der Waals surface area contributed by atoms with Crippen molar-refractivity contribution >= 4 is 40.5 Å². The normalized spacial score (nSPS) is 20.2. The highest BCUT2D eigenvalue weighted by atomic mass is 32.2. The van der Waals surface area contributed by atoms with E-state index >= 15 is 0 Å².